The molecule has 0 aromatic heterocycles. The van der Waals surface area contributed by atoms with Gasteiger partial charge in [-0.05, 0) is 24.6 Å². The molecule has 0 amide bonds. The summed E-state index contributed by atoms with van der Waals surface area (Å²) in [6, 6.07) is 15.0. The number of rotatable bonds is 3. The minimum atomic E-state index is -3.52. The van der Waals surface area contributed by atoms with Gasteiger partial charge in [-0.1, -0.05) is 48.0 Å². The third-order valence-electron chi connectivity index (χ3n) is 5.33. The van der Waals surface area contributed by atoms with Crippen LogP contribution in [0, 0.1) is 6.92 Å². The van der Waals surface area contributed by atoms with Crippen molar-refractivity contribution in [3.63, 3.8) is 0 Å². The SMILES string of the molecule is Cc1ccc(/C=C/S(=O)(=O)N2CCC3(CC2)OC(=O)c2ccccc23)cc1. The van der Waals surface area contributed by atoms with E-state index in [0.717, 1.165) is 16.7 Å². The van der Waals surface area contributed by atoms with Crippen LogP contribution < -0.4 is 0 Å². The highest BCUT2D eigenvalue weighted by Gasteiger charge is 2.48. The van der Waals surface area contributed by atoms with Gasteiger partial charge in [0.1, 0.15) is 5.60 Å². The van der Waals surface area contributed by atoms with Crippen molar-refractivity contribution in [2.24, 2.45) is 0 Å². The number of benzene rings is 2. The van der Waals surface area contributed by atoms with Crippen LogP contribution >= 0.6 is 0 Å². The Labute approximate surface area is 159 Å². The van der Waals surface area contributed by atoms with Crippen molar-refractivity contribution in [1.82, 2.24) is 4.31 Å². The van der Waals surface area contributed by atoms with Gasteiger partial charge in [-0.2, -0.15) is 4.31 Å². The zero-order valence-corrected chi connectivity index (χ0v) is 15.9. The van der Waals surface area contributed by atoms with E-state index in [-0.39, 0.29) is 5.97 Å². The van der Waals surface area contributed by atoms with Gasteiger partial charge in [-0.3, -0.25) is 0 Å². The van der Waals surface area contributed by atoms with Crippen molar-refractivity contribution in [2.75, 3.05) is 13.1 Å². The van der Waals surface area contributed by atoms with Crippen molar-refractivity contribution in [2.45, 2.75) is 25.4 Å². The van der Waals surface area contributed by atoms with Crippen LogP contribution in [0.1, 0.15) is 39.9 Å². The van der Waals surface area contributed by atoms with E-state index in [1.807, 2.05) is 49.4 Å². The molecule has 0 atom stereocenters. The summed E-state index contributed by atoms with van der Waals surface area (Å²) in [5.41, 5.74) is 2.75. The summed E-state index contributed by atoms with van der Waals surface area (Å²) >= 11 is 0. The van der Waals surface area contributed by atoms with Crippen molar-refractivity contribution in [1.29, 1.82) is 0 Å². The lowest BCUT2D eigenvalue weighted by atomic mass is 9.84. The largest absolute Gasteiger partial charge is 0.450 e. The topological polar surface area (TPSA) is 63.7 Å². The summed E-state index contributed by atoms with van der Waals surface area (Å²) in [6.07, 6.45) is 2.55. The van der Waals surface area contributed by atoms with Crippen LogP contribution in [0.15, 0.2) is 53.9 Å². The molecule has 27 heavy (non-hydrogen) atoms. The van der Waals surface area contributed by atoms with Gasteiger partial charge in [0.2, 0.25) is 10.0 Å². The second-order valence-electron chi connectivity index (χ2n) is 7.09. The highest BCUT2D eigenvalue weighted by molar-refractivity contribution is 7.92. The van der Waals surface area contributed by atoms with Gasteiger partial charge in [0, 0.05) is 36.9 Å². The predicted molar refractivity (Wildman–Crippen MR) is 103 cm³/mol. The maximum Gasteiger partial charge on any atom is 0.339 e. The second kappa shape index (κ2) is 6.62. The Bertz CT molecular complexity index is 1000. The summed E-state index contributed by atoms with van der Waals surface area (Å²) in [5.74, 6) is -0.318. The van der Waals surface area contributed by atoms with E-state index in [0.29, 0.717) is 31.5 Å². The van der Waals surface area contributed by atoms with E-state index in [2.05, 4.69) is 0 Å². The molecule has 0 N–H and O–H groups in total. The molecule has 1 saturated heterocycles. The second-order valence-corrected chi connectivity index (χ2v) is 8.91. The first-order chi connectivity index (χ1) is 12.9. The third-order valence-corrected chi connectivity index (χ3v) is 6.89. The molecule has 140 valence electrons. The Morgan fingerprint density at radius 2 is 1.70 bits per heavy atom. The molecule has 2 aromatic rings. The number of aryl methyl sites for hydroxylation is 1. The van der Waals surface area contributed by atoms with Gasteiger partial charge in [0.15, 0.2) is 0 Å². The van der Waals surface area contributed by atoms with Gasteiger partial charge in [0.25, 0.3) is 0 Å². The first kappa shape index (κ1) is 17.9. The van der Waals surface area contributed by atoms with Crippen molar-refractivity contribution < 1.29 is 17.9 Å². The van der Waals surface area contributed by atoms with E-state index >= 15 is 0 Å². The quantitative estimate of drug-likeness (QED) is 0.762. The molecule has 6 heteroatoms. The highest BCUT2D eigenvalue weighted by atomic mass is 32.2. The number of carbonyl (C=O) groups is 1. The molecular formula is C21H21NO4S. The molecule has 2 aliphatic heterocycles. The van der Waals surface area contributed by atoms with Gasteiger partial charge in [-0.25, -0.2) is 13.2 Å². The average Bonchev–Trinajstić information content (AvgIpc) is 2.94. The first-order valence-corrected chi connectivity index (χ1v) is 10.5. The van der Waals surface area contributed by atoms with E-state index in [1.165, 1.54) is 9.71 Å². The summed E-state index contributed by atoms with van der Waals surface area (Å²) < 4.78 is 32.5. The van der Waals surface area contributed by atoms with Crippen molar-refractivity contribution in [3.8, 4) is 0 Å². The van der Waals surface area contributed by atoms with Crippen molar-refractivity contribution in [3.05, 3.63) is 76.2 Å². The number of sulfonamides is 1. The fraction of sp³-hybridized carbons (Fsp3) is 0.286. The Morgan fingerprint density at radius 3 is 2.41 bits per heavy atom. The standard InChI is InChI=1S/C21H21NO4S/c1-16-6-8-17(9-7-16)10-15-27(24,25)22-13-11-21(12-14-22)19-5-3-2-4-18(19)20(23)26-21/h2-10,15H,11-14H2,1H3/b15-10+. The molecule has 0 saturated carbocycles. The van der Waals surface area contributed by atoms with E-state index in [1.54, 1.807) is 12.1 Å². The lowest BCUT2D eigenvalue weighted by Crippen LogP contribution is -2.44. The first-order valence-electron chi connectivity index (χ1n) is 8.97. The molecule has 4 rings (SSSR count). The number of carbonyl (C=O) groups excluding carboxylic acids is 1. The Kier molecular flexibility index (Phi) is 4.40. The Hall–Kier alpha value is -2.44. The number of ether oxygens (including phenoxy) is 1. The third kappa shape index (κ3) is 3.31. The lowest BCUT2D eigenvalue weighted by molar-refractivity contribution is -0.0328. The normalized spacial score (nSPS) is 19.4. The van der Waals surface area contributed by atoms with E-state index in [9.17, 15) is 13.2 Å². The number of esters is 1. The fourth-order valence-electron chi connectivity index (χ4n) is 3.75. The molecule has 2 aliphatic rings. The van der Waals surface area contributed by atoms with Crippen LogP contribution in [-0.2, 0) is 20.4 Å². The molecule has 0 unspecified atom stereocenters. The Balaban J connectivity index is 1.49. The Morgan fingerprint density at radius 1 is 1.04 bits per heavy atom. The van der Waals surface area contributed by atoms with Crippen LogP contribution in [0.4, 0.5) is 0 Å². The molecular weight excluding hydrogens is 362 g/mol. The van der Waals surface area contributed by atoms with Gasteiger partial charge < -0.3 is 4.74 Å². The molecule has 2 heterocycles. The molecule has 0 bridgehead atoms. The summed E-state index contributed by atoms with van der Waals surface area (Å²) in [5, 5.41) is 1.25. The van der Waals surface area contributed by atoms with Crippen LogP contribution in [0.2, 0.25) is 0 Å². The van der Waals surface area contributed by atoms with E-state index in [4.69, 9.17) is 4.74 Å². The molecule has 0 radical (unpaired) electrons. The molecule has 1 fully saturated rings. The van der Waals surface area contributed by atoms with Crippen LogP contribution in [0.25, 0.3) is 6.08 Å². The smallest absolute Gasteiger partial charge is 0.339 e. The molecule has 1 spiro atoms. The lowest BCUT2D eigenvalue weighted by Gasteiger charge is -2.37. The molecule has 5 nitrogen and oxygen atoms in total. The minimum absolute atomic E-state index is 0.318. The minimum Gasteiger partial charge on any atom is -0.450 e. The summed E-state index contributed by atoms with van der Waals surface area (Å²) in [7, 11) is -3.52. The van der Waals surface area contributed by atoms with E-state index < -0.39 is 15.6 Å². The van der Waals surface area contributed by atoms with Gasteiger partial charge in [-0.15, -0.1) is 0 Å². The summed E-state index contributed by atoms with van der Waals surface area (Å²) in [4.78, 5) is 12.1. The number of hydrogen-bond donors (Lipinski definition) is 0. The highest BCUT2D eigenvalue weighted by Crippen LogP contribution is 2.44. The maximum absolute atomic E-state index is 12.7. The van der Waals surface area contributed by atoms with Crippen LogP contribution in [0.5, 0.6) is 0 Å². The zero-order valence-electron chi connectivity index (χ0n) is 15.1. The number of nitrogens with zero attached hydrogens (tertiary/aromatic N) is 1. The molecule has 2 aromatic carbocycles. The number of hydrogen-bond acceptors (Lipinski definition) is 4. The average molecular weight is 383 g/mol. The molecule has 0 aliphatic carbocycles. The van der Waals surface area contributed by atoms with Crippen LogP contribution in [-0.4, -0.2) is 31.8 Å². The van der Waals surface area contributed by atoms with Crippen molar-refractivity contribution >= 4 is 22.1 Å². The van der Waals surface area contributed by atoms with Crippen LogP contribution in [0.3, 0.4) is 0 Å². The maximum atomic E-state index is 12.7. The number of piperidine rings is 1. The van der Waals surface area contributed by atoms with Gasteiger partial charge >= 0.3 is 5.97 Å². The fourth-order valence-corrected chi connectivity index (χ4v) is 4.94. The summed E-state index contributed by atoms with van der Waals surface area (Å²) in [6.45, 7) is 2.63. The zero-order chi connectivity index (χ0) is 19.1. The predicted octanol–water partition coefficient (Wildman–Crippen LogP) is 3.46. The monoisotopic (exact) mass is 383 g/mol. The number of fused-ring (bicyclic) bond motifs is 2. The van der Waals surface area contributed by atoms with Gasteiger partial charge in [0.05, 0.1) is 5.56 Å².